The van der Waals surface area contributed by atoms with Crippen molar-refractivity contribution in [1.29, 1.82) is 0 Å². The van der Waals surface area contributed by atoms with Crippen LogP contribution in [0.4, 0.5) is 0 Å². The van der Waals surface area contributed by atoms with Crippen LogP contribution >= 0.6 is 0 Å². The molecule has 0 saturated carbocycles. The van der Waals surface area contributed by atoms with Gasteiger partial charge in [0.15, 0.2) is 0 Å². The number of nitrogens with one attached hydrogen (secondary N) is 1. The first kappa shape index (κ1) is 10.0. The third-order valence-electron chi connectivity index (χ3n) is 3.34. The zero-order chi connectivity index (χ0) is 9.80. The summed E-state index contributed by atoms with van der Waals surface area (Å²) >= 11 is 0. The number of hydrogen-bond donors (Lipinski definition) is 1. The third-order valence-corrected chi connectivity index (χ3v) is 3.34. The average Bonchev–Trinajstić information content (AvgIpc) is 2.50. The van der Waals surface area contributed by atoms with E-state index in [1.165, 1.54) is 32.4 Å². The molecule has 14 heavy (non-hydrogen) atoms. The second-order valence-corrected chi connectivity index (χ2v) is 4.40. The van der Waals surface area contributed by atoms with Crippen molar-refractivity contribution in [2.45, 2.75) is 44.7 Å². The first-order valence-corrected chi connectivity index (χ1v) is 5.76. The topological polar surface area (TPSA) is 15.3 Å². The first-order chi connectivity index (χ1) is 6.88. The van der Waals surface area contributed by atoms with Crippen molar-refractivity contribution in [3.8, 4) is 11.8 Å². The second-order valence-electron chi connectivity index (χ2n) is 4.40. The van der Waals surface area contributed by atoms with E-state index < -0.39 is 0 Å². The maximum atomic E-state index is 3.70. The van der Waals surface area contributed by atoms with Gasteiger partial charge in [-0.1, -0.05) is 0 Å². The van der Waals surface area contributed by atoms with Gasteiger partial charge in [-0.25, -0.2) is 0 Å². The minimum absolute atomic E-state index is 0.761. The number of likely N-dealkylation sites (tertiary alicyclic amines) is 1. The van der Waals surface area contributed by atoms with Crippen molar-refractivity contribution in [3.05, 3.63) is 0 Å². The van der Waals surface area contributed by atoms with Gasteiger partial charge in [-0.3, -0.25) is 0 Å². The SMILES string of the molecule is CC#CCCN1CCC2CCC(C1)N2. The van der Waals surface area contributed by atoms with Crippen LogP contribution in [0.1, 0.15) is 32.6 Å². The summed E-state index contributed by atoms with van der Waals surface area (Å²) in [6.07, 6.45) is 5.14. The van der Waals surface area contributed by atoms with E-state index in [0.29, 0.717) is 0 Å². The van der Waals surface area contributed by atoms with Crippen LogP contribution in [0.15, 0.2) is 0 Å². The highest BCUT2D eigenvalue weighted by Crippen LogP contribution is 2.20. The van der Waals surface area contributed by atoms with Gasteiger partial charge < -0.3 is 10.2 Å². The van der Waals surface area contributed by atoms with E-state index >= 15 is 0 Å². The lowest BCUT2D eigenvalue weighted by Gasteiger charge is -2.22. The predicted molar refractivity (Wildman–Crippen MR) is 59.1 cm³/mol. The largest absolute Gasteiger partial charge is 0.310 e. The summed E-state index contributed by atoms with van der Waals surface area (Å²) in [5.41, 5.74) is 0. The number of fused-ring (bicyclic) bond motifs is 2. The fraction of sp³-hybridized carbons (Fsp3) is 0.833. The molecule has 0 aromatic carbocycles. The number of rotatable bonds is 2. The van der Waals surface area contributed by atoms with Crippen LogP contribution in [0, 0.1) is 11.8 Å². The molecule has 0 aromatic heterocycles. The van der Waals surface area contributed by atoms with E-state index in [1.807, 2.05) is 6.92 Å². The minimum atomic E-state index is 0.761. The van der Waals surface area contributed by atoms with Gasteiger partial charge in [0, 0.05) is 31.6 Å². The Balaban J connectivity index is 1.79. The van der Waals surface area contributed by atoms with Crippen molar-refractivity contribution in [3.63, 3.8) is 0 Å². The molecule has 78 valence electrons. The van der Waals surface area contributed by atoms with Gasteiger partial charge in [0.2, 0.25) is 0 Å². The molecule has 0 aromatic rings. The number of hydrogen-bond acceptors (Lipinski definition) is 2. The molecule has 2 saturated heterocycles. The fourth-order valence-electron chi connectivity index (χ4n) is 2.56. The van der Waals surface area contributed by atoms with Crippen molar-refractivity contribution < 1.29 is 0 Å². The van der Waals surface area contributed by atoms with Gasteiger partial charge in [-0.2, -0.15) is 0 Å². The monoisotopic (exact) mass is 192 g/mol. The zero-order valence-corrected chi connectivity index (χ0v) is 9.05. The summed E-state index contributed by atoms with van der Waals surface area (Å²) in [4.78, 5) is 2.57. The molecule has 2 fully saturated rings. The Morgan fingerprint density at radius 3 is 3.00 bits per heavy atom. The van der Waals surface area contributed by atoms with E-state index in [4.69, 9.17) is 0 Å². The first-order valence-electron chi connectivity index (χ1n) is 5.76. The molecule has 2 aliphatic heterocycles. The van der Waals surface area contributed by atoms with Gasteiger partial charge in [0.25, 0.3) is 0 Å². The minimum Gasteiger partial charge on any atom is -0.310 e. The van der Waals surface area contributed by atoms with Crippen LogP contribution in [0.25, 0.3) is 0 Å². The summed E-state index contributed by atoms with van der Waals surface area (Å²) < 4.78 is 0. The predicted octanol–water partition coefficient (Wildman–Crippen LogP) is 1.23. The lowest BCUT2D eigenvalue weighted by atomic mass is 10.1. The van der Waals surface area contributed by atoms with E-state index in [1.54, 1.807) is 0 Å². The normalized spacial score (nSPS) is 32.1. The van der Waals surface area contributed by atoms with Gasteiger partial charge in [0.1, 0.15) is 0 Å². The van der Waals surface area contributed by atoms with Gasteiger partial charge in [0.05, 0.1) is 0 Å². The van der Waals surface area contributed by atoms with E-state index in [2.05, 4.69) is 22.1 Å². The highest BCUT2D eigenvalue weighted by molar-refractivity contribution is 4.96. The smallest absolute Gasteiger partial charge is 0.0216 e. The van der Waals surface area contributed by atoms with Gasteiger partial charge in [-0.15, -0.1) is 11.8 Å². The molecule has 2 aliphatic rings. The molecule has 2 nitrogen and oxygen atoms in total. The molecule has 2 rings (SSSR count). The van der Waals surface area contributed by atoms with Crippen LogP contribution in [0.2, 0.25) is 0 Å². The summed E-state index contributed by atoms with van der Waals surface area (Å²) in [6, 6.07) is 1.57. The van der Waals surface area contributed by atoms with Crippen molar-refractivity contribution in [2.75, 3.05) is 19.6 Å². The summed E-state index contributed by atoms with van der Waals surface area (Å²) in [6.45, 7) is 5.58. The Morgan fingerprint density at radius 1 is 1.29 bits per heavy atom. The molecule has 1 N–H and O–H groups in total. The maximum absolute atomic E-state index is 3.70. The summed E-state index contributed by atoms with van der Waals surface area (Å²) in [7, 11) is 0. The third kappa shape index (κ3) is 2.50. The Labute approximate surface area is 87.1 Å². The quantitative estimate of drug-likeness (QED) is 0.662. The van der Waals surface area contributed by atoms with Crippen LogP contribution in [-0.4, -0.2) is 36.6 Å². The van der Waals surface area contributed by atoms with Crippen LogP contribution < -0.4 is 5.32 Å². The Bertz CT molecular complexity index is 238. The lowest BCUT2D eigenvalue weighted by molar-refractivity contribution is 0.265. The molecule has 2 bridgehead atoms. The van der Waals surface area contributed by atoms with Crippen molar-refractivity contribution in [2.24, 2.45) is 0 Å². The fourth-order valence-corrected chi connectivity index (χ4v) is 2.56. The molecule has 0 radical (unpaired) electrons. The van der Waals surface area contributed by atoms with Gasteiger partial charge in [-0.05, 0) is 32.7 Å². The van der Waals surface area contributed by atoms with Crippen molar-refractivity contribution >= 4 is 0 Å². The molecule has 2 heteroatoms. The van der Waals surface area contributed by atoms with E-state index in [-0.39, 0.29) is 0 Å². The van der Waals surface area contributed by atoms with E-state index in [9.17, 15) is 0 Å². The molecule has 0 amide bonds. The molecule has 0 aliphatic carbocycles. The average molecular weight is 192 g/mol. The molecule has 2 atom stereocenters. The van der Waals surface area contributed by atoms with Crippen LogP contribution in [-0.2, 0) is 0 Å². The highest BCUT2D eigenvalue weighted by atomic mass is 15.2. The molecule has 2 unspecified atom stereocenters. The highest BCUT2D eigenvalue weighted by Gasteiger charge is 2.28. The van der Waals surface area contributed by atoms with E-state index in [0.717, 1.165) is 25.0 Å². The lowest BCUT2D eigenvalue weighted by Crippen LogP contribution is -2.35. The Hall–Kier alpha value is -0.520. The maximum Gasteiger partial charge on any atom is 0.0216 e. The van der Waals surface area contributed by atoms with Crippen molar-refractivity contribution in [1.82, 2.24) is 10.2 Å². The van der Waals surface area contributed by atoms with Crippen LogP contribution in [0.5, 0.6) is 0 Å². The zero-order valence-electron chi connectivity index (χ0n) is 9.05. The Morgan fingerprint density at radius 2 is 2.14 bits per heavy atom. The summed E-state index contributed by atoms with van der Waals surface area (Å²) in [5, 5.41) is 3.70. The second kappa shape index (κ2) is 4.82. The van der Waals surface area contributed by atoms with Crippen LogP contribution in [0.3, 0.4) is 0 Å². The standard InChI is InChI=1S/C12H20N2/c1-2-3-4-8-14-9-7-11-5-6-12(10-14)13-11/h11-13H,4-10H2,1H3. The van der Waals surface area contributed by atoms with Gasteiger partial charge >= 0.3 is 0 Å². The number of nitrogens with zero attached hydrogens (tertiary/aromatic N) is 1. The molecular formula is C12H20N2. The molecular weight excluding hydrogens is 172 g/mol. The molecule has 0 spiro atoms. The molecule has 2 heterocycles. The summed E-state index contributed by atoms with van der Waals surface area (Å²) in [5.74, 6) is 6.11. The Kier molecular flexibility index (Phi) is 3.44.